The summed E-state index contributed by atoms with van der Waals surface area (Å²) in [5.41, 5.74) is 0. The lowest BCUT2D eigenvalue weighted by Gasteiger charge is -2.11. The third kappa shape index (κ3) is 5.27. The molecule has 9 heteroatoms. The Morgan fingerprint density at radius 3 is 2.81 bits per heavy atom. The molecule has 0 bridgehead atoms. The average molecular weight is 407 g/mol. The first-order valence-electron chi connectivity index (χ1n) is 8.25. The minimum Gasteiger partial charge on any atom is -0.486 e. The van der Waals surface area contributed by atoms with Crippen LogP contribution in [-0.2, 0) is 18.4 Å². The molecule has 1 amide bonds. The largest absolute Gasteiger partial charge is 0.486 e. The Morgan fingerprint density at radius 1 is 1.33 bits per heavy atom. The summed E-state index contributed by atoms with van der Waals surface area (Å²) < 4.78 is 12.8. The Balaban J connectivity index is 1.49. The predicted molar refractivity (Wildman–Crippen MR) is 103 cm³/mol. The monoisotopic (exact) mass is 406 g/mol. The van der Waals surface area contributed by atoms with Crippen molar-refractivity contribution >= 4 is 29.3 Å². The topological polar surface area (TPSA) is 82.2 Å². The number of thioether (sulfide) groups is 1. The van der Waals surface area contributed by atoms with Gasteiger partial charge in [0, 0.05) is 12.1 Å². The summed E-state index contributed by atoms with van der Waals surface area (Å²) in [5.74, 6) is 2.20. The molecule has 3 aromatic rings. The van der Waals surface area contributed by atoms with E-state index in [9.17, 15) is 4.79 Å². The molecule has 1 aromatic carbocycles. The average Bonchev–Trinajstić information content (AvgIpc) is 3.30. The maximum absolute atomic E-state index is 12.1. The van der Waals surface area contributed by atoms with Crippen LogP contribution in [0.4, 0.5) is 0 Å². The van der Waals surface area contributed by atoms with Crippen molar-refractivity contribution in [1.29, 1.82) is 0 Å². The zero-order chi connectivity index (χ0) is 19.2. The first-order chi connectivity index (χ1) is 13.0. The molecule has 0 spiro atoms. The second-order valence-corrected chi connectivity index (χ2v) is 7.17. The van der Waals surface area contributed by atoms with Crippen LogP contribution >= 0.6 is 23.4 Å². The number of carbonyl (C=O) groups is 1. The number of ether oxygens (including phenoxy) is 1. The normalized spacial score (nSPS) is 12.0. The maximum atomic E-state index is 12.1. The van der Waals surface area contributed by atoms with Gasteiger partial charge in [-0.05, 0) is 43.3 Å². The molecule has 0 aliphatic rings. The van der Waals surface area contributed by atoms with Crippen LogP contribution in [0.25, 0.3) is 0 Å². The molecular weight excluding hydrogens is 388 g/mol. The quantitative estimate of drug-likeness (QED) is 0.575. The van der Waals surface area contributed by atoms with Gasteiger partial charge in [0.15, 0.2) is 11.0 Å². The second kappa shape index (κ2) is 8.96. The summed E-state index contributed by atoms with van der Waals surface area (Å²) in [6.45, 7) is 2.14. The molecule has 0 aliphatic carbocycles. The number of rotatable bonds is 8. The van der Waals surface area contributed by atoms with Gasteiger partial charge in [0.1, 0.15) is 18.1 Å². The van der Waals surface area contributed by atoms with Gasteiger partial charge in [-0.3, -0.25) is 4.79 Å². The zero-order valence-electron chi connectivity index (χ0n) is 14.9. The van der Waals surface area contributed by atoms with E-state index in [-0.39, 0.29) is 24.3 Å². The zero-order valence-corrected chi connectivity index (χ0v) is 16.5. The van der Waals surface area contributed by atoms with Gasteiger partial charge in [0.25, 0.3) is 0 Å². The van der Waals surface area contributed by atoms with E-state index < -0.39 is 0 Å². The van der Waals surface area contributed by atoms with Crippen LogP contribution in [0, 0.1) is 0 Å². The number of halogens is 1. The van der Waals surface area contributed by atoms with Crippen molar-refractivity contribution in [2.24, 2.45) is 7.05 Å². The highest BCUT2D eigenvalue weighted by Gasteiger charge is 2.15. The SMILES string of the molecule is C[C@@H](NC(=O)CSc1nnc(COc2ccc(Cl)cc2)n1C)c1ccco1. The summed E-state index contributed by atoms with van der Waals surface area (Å²) in [4.78, 5) is 12.1. The fourth-order valence-corrected chi connectivity index (χ4v) is 3.16. The van der Waals surface area contributed by atoms with Gasteiger partial charge in [0.05, 0.1) is 18.1 Å². The molecule has 0 saturated heterocycles. The number of hydrogen-bond donors (Lipinski definition) is 1. The van der Waals surface area contributed by atoms with Crippen LogP contribution in [0.2, 0.25) is 5.02 Å². The third-order valence-electron chi connectivity index (χ3n) is 3.79. The van der Waals surface area contributed by atoms with Crippen molar-refractivity contribution in [3.8, 4) is 5.75 Å². The smallest absolute Gasteiger partial charge is 0.231 e. The Bertz CT molecular complexity index is 881. The molecule has 142 valence electrons. The van der Waals surface area contributed by atoms with Crippen LogP contribution in [0.5, 0.6) is 5.75 Å². The van der Waals surface area contributed by atoms with Gasteiger partial charge in [-0.25, -0.2) is 0 Å². The fourth-order valence-electron chi connectivity index (χ4n) is 2.30. The van der Waals surface area contributed by atoms with Gasteiger partial charge in [0.2, 0.25) is 5.91 Å². The van der Waals surface area contributed by atoms with Crippen LogP contribution in [0.3, 0.4) is 0 Å². The van der Waals surface area contributed by atoms with Crippen molar-refractivity contribution < 1.29 is 13.9 Å². The number of aromatic nitrogens is 3. The fraction of sp³-hybridized carbons (Fsp3) is 0.278. The summed E-state index contributed by atoms with van der Waals surface area (Å²) in [6.07, 6.45) is 1.58. The van der Waals surface area contributed by atoms with E-state index in [1.54, 1.807) is 36.6 Å². The summed E-state index contributed by atoms with van der Waals surface area (Å²) in [6, 6.07) is 10.5. The number of amides is 1. The van der Waals surface area contributed by atoms with E-state index in [1.807, 2.05) is 24.6 Å². The van der Waals surface area contributed by atoms with Gasteiger partial charge in [-0.1, -0.05) is 23.4 Å². The van der Waals surface area contributed by atoms with Gasteiger partial charge < -0.3 is 19.0 Å². The number of nitrogens with zero attached hydrogens (tertiary/aromatic N) is 3. The van der Waals surface area contributed by atoms with Crippen LogP contribution in [0.1, 0.15) is 24.6 Å². The maximum Gasteiger partial charge on any atom is 0.231 e. The van der Waals surface area contributed by atoms with Crippen molar-refractivity contribution in [3.63, 3.8) is 0 Å². The summed E-state index contributed by atoms with van der Waals surface area (Å²) in [5, 5.41) is 12.4. The highest BCUT2D eigenvalue weighted by Crippen LogP contribution is 2.19. The van der Waals surface area contributed by atoms with Crippen LogP contribution in [-0.4, -0.2) is 26.4 Å². The lowest BCUT2D eigenvalue weighted by Crippen LogP contribution is -2.28. The molecule has 0 unspecified atom stereocenters. The Labute approximate surface area is 166 Å². The molecule has 2 aromatic heterocycles. The summed E-state index contributed by atoms with van der Waals surface area (Å²) >= 11 is 7.17. The van der Waals surface area contributed by atoms with Crippen molar-refractivity contribution in [2.75, 3.05) is 5.75 Å². The lowest BCUT2D eigenvalue weighted by molar-refractivity contribution is -0.119. The van der Waals surface area contributed by atoms with E-state index in [0.29, 0.717) is 27.5 Å². The van der Waals surface area contributed by atoms with Gasteiger partial charge >= 0.3 is 0 Å². The minimum atomic E-state index is -0.184. The molecule has 7 nitrogen and oxygen atoms in total. The lowest BCUT2D eigenvalue weighted by atomic mass is 10.2. The van der Waals surface area contributed by atoms with E-state index in [4.69, 9.17) is 20.8 Å². The Kier molecular flexibility index (Phi) is 6.41. The predicted octanol–water partition coefficient (Wildman–Crippen LogP) is 3.61. The molecule has 0 fully saturated rings. The molecular formula is C18H19ClN4O3S. The van der Waals surface area contributed by atoms with E-state index in [1.165, 1.54) is 11.8 Å². The third-order valence-corrected chi connectivity index (χ3v) is 5.06. The van der Waals surface area contributed by atoms with E-state index in [2.05, 4.69) is 15.5 Å². The molecule has 0 aliphatic heterocycles. The first-order valence-corrected chi connectivity index (χ1v) is 9.61. The highest BCUT2D eigenvalue weighted by atomic mass is 35.5. The van der Waals surface area contributed by atoms with Crippen molar-refractivity contribution in [3.05, 3.63) is 59.3 Å². The number of carbonyl (C=O) groups excluding carboxylic acids is 1. The van der Waals surface area contributed by atoms with Gasteiger partial charge in [-0.15, -0.1) is 10.2 Å². The summed E-state index contributed by atoms with van der Waals surface area (Å²) in [7, 11) is 1.84. The van der Waals surface area contributed by atoms with Crippen LogP contribution in [0.15, 0.2) is 52.2 Å². The Hall–Kier alpha value is -2.45. The van der Waals surface area contributed by atoms with Crippen molar-refractivity contribution in [2.45, 2.75) is 24.7 Å². The molecule has 2 heterocycles. The molecule has 0 saturated carbocycles. The first kappa shape index (κ1) is 19.3. The minimum absolute atomic E-state index is 0.106. The van der Waals surface area contributed by atoms with Crippen molar-refractivity contribution in [1.82, 2.24) is 20.1 Å². The van der Waals surface area contributed by atoms with Gasteiger partial charge in [-0.2, -0.15) is 0 Å². The number of benzene rings is 1. The highest BCUT2D eigenvalue weighted by molar-refractivity contribution is 7.99. The molecule has 27 heavy (non-hydrogen) atoms. The number of hydrogen-bond acceptors (Lipinski definition) is 6. The molecule has 0 radical (unpaired) electrons. The molecule has 1 atom stereocenters. The Morgan fingerprint density at radius 2 is 2.11 bits per heavy atom. The standard InChI is InChI=1S/C18H19ClN4O3S/c1-12(15-4-3-9-25-15)20-17(24)11-27-18-22-21-16(23(18)2)10-26-14-7-5-13(19)6-8-14/h3-9,12H,10-11H2,1-2H3,(H,20,24)/t12-/m1/s1. The van der Waals surface area contributed by atoms with E-state index in [0.717, 1.165) is 0 Å². The number of nitrogens with one attached hydrogen (secondary N) is 1. The van der Waals surface area contributed by atoms with E-state index >= 15 is 0 Å². The number of furan rings is 1. The second-order valence-electron chi connectivity index (χ2n) is 5.79. The van der Waals surface area contributed by atoms with Crippen LogP contribution < -0.4 is 10.1 Å². The molecule has 1 N–H and O–H groups in total. The molecule has 3 rings (SSSR count).